The van der Waals surface area contributed by atoms with Crippen molar-refractivity contribution in [2.45, 2.75) is 39.0 Å². The van der Waals surface area contributed by atoms with Crippen molar-refractivity contribution in [1.29, 1.82) is 0 Å². The largest absolute Gasteiger partial charge is 0.456 e. The first-order chi connectivity index (χ1) is 13.2. The van der Waals surface area contributed by atoms with Crippen LogP contribution in [0.15, 0.2) is 28.7 Å². The smallest absolute Gasteiger partial charge is 0.251 e. The minimum atomic E-state index is -0.517. The Hall–Kier alpha value is -1.60. The number of ether oxygens (including phenoxy) is 2. The minimum Gasteiger partial charge on any atom is -0.456 e. The van der Waals surface area contributed by atoms with Gasteiger partial charge in [-0.25, -0.2) is 0 Å². The lowest BCUT2D eigenvalue weighted by molar-refractivity contribution is -0.150. The van der Waals surface area contributed by atoms with Gasteiger partial charge < -0.3 is 24.1 Å². The third kappa shape index (κ3) is 4.35. The Balaban J connectivity index is 0.00000225. The van der Waals surface area contributed by atoms with Gasteiger partial charge >= 0.3 is 0 Å². The summed E-state index contributed by atoms with van der Waals surface area (Å²) in [7, 11) is 0. The predicted octanol–water partition coefficient (Wildman–Crippen LogP) is 3.75. The van der Waals surface area contributed by atoms with Crippen LogP contribution in [-0.2, 0) is 9.47 Å². The summed E-state index contributed by atoms with van der Waals surface area (Å²) in [5, 5.41) is 4.17. The Morgan fingerprint density at radius 3 is 2.54 bits per heavy atom. The topological polar surface area (TPSA) is 63.9 Å². The van der Waals surface area contributed by atoms with E-state index in [1.807, 2.05) is 38.1 Å². The number of rotatable bonds is 7. The number of fused-ring (bicyclic) bond motifs is 4. The highest BCUT2D eigenvalue weighted by Crippen LogP contribution is 2.29. The highest BCUT2D eigenvalue weighted by molar-refractivity contribution is 5.97. The van der Waals surface area contributed by atoms with Crippen molar-refractivity contribution in [2.24, 2.45) is 5.92 Å². The molecule has 2 aromatic rings. The van der Waals surface area contributed by atoms with Crippen LogP contribution < -0.4 is 5.32 Å². The normalized spacial score (nSPS) is 23.8. The molecule has 0 radical (unpaired) electrons. The molecule has 0 unspecified atom stereocenters. The van der Waals surface area contributed by atoms with Gasteiger partial charge in [0.25, 0.3) is 5.91 Å². The molecule has 1 atom stereocenters. The molecule has 0 saturated carbocycles. The molecule has 0 spiro atoms. The second-order valence-corrected chi connectivity index (χ2v) is 7.36. The van der Waals surface area contributed by atoms with Gasteiger partial charge in [-0.1, -0.05) is 6.07 Å². The maximum Gasteiger partial charge on any atom is 0.251 e. The van der Waals surface area contributed by atoms with Crippen LogP contribution in [-0.4, -0.2) is 49.7 Å². The van der Waals surface area contributed by atoms with Gasteiger partial charge in [0.2, 0.25) is 6.29 Å². The van der Waals surface area contributed by atoms with Crippen LogP contribution in [0, 0.1) is 5.92 Å². The summed E-state index contributed by atoms with van der Waals surface area (Å²) in [6.07, 6.45) is 1.85. The van der Waals surface area contributed by atoms with E-state index in [-0.39, 0.29) is 24.4 Å². The molecule has 2 bridgehead atoms. The van der Waals surface area contributed by atoms with Gasteiger partial charge in [-0.05, 0) is 63.9 Å². The summed E-state index contributed by atoms with van der Waals surface area (Å²) in [4.78, 5) is 15.2. The molecule has 28 heavy (non-hydrogen) atoms. The fraction of sp³-hybridized carbons (Fsp3) is 0.571. The molecule has 3 fully saturated rings. The van der Waals surface area contributed by atoms with Gasteiger partial charge in [0.05, 0.1) is 0 Å². The van der Waals surface area contributed by atoms with Crippen LogP contribution in [0.4, 0.5) is 0 Å². The maximum absolute atomic E-state index is 12.8. The van der Waals surface area contributed by atoms with E-state index in [1.165, 1.54) is 25.9 Å². The predicted molar refractivity (Wildman–Crippen MR) is 110 cm³/mol. The first-order valence-corrected chi connectivity index (χ1v) is 9.97. The van der Waals surface area contributed by atoms with E-state index < -0.39 is 6.29 Å². The number of piperidine rings is 3. The SMILES string of the molecule is CCOC(OCC)c1cc2ccc(C(=O)N[C@H]3CN4CCC3CC4)cc2o1.Cl. The molecule has 7 heteroatoms. The molecule has 3 saturated heterocycles. The molecule has 3 aliphatic heterocycles. The van der Waals surface area contributed by atoms with Gasteiger partial charge in [0.15, 0.2) is 5.76 Å². The van der Waals surface area contributed by atoms with E-state index in [1.54, 1.807) is 0 Å². The number of carbonyl (C=O) groups excluding carboxylic acids is 1. The van der Waals surface area contributed by atoms with Crippen molar-refractivity contribution >= 4 is 29.3 Å². The number of benzene rings is 1. The Labute approximate surface area is 171 Å². The van der Waals surface area contributed by atoms with E-state index in [4.69, 9.17) is 13.9 Å². The van der Waals surface area contributed by atoms with Crippen molar-refractivity contribution in [3.05, 3.63) is 35.6 Å². The zero-order valence-electron chi connectivity index (χ0n) is 16.5. The third-order valence-electron chi connectivity index (χ3n) is 5.64. The molecular weight excluding hydrogens is 380 g/mol. The monoisotopic (exact) mass is 408 g/mol. The number of amides is 1. The molecule has 0 aliphatic carbocycles. The van der Waals surface area contributed by atoms with Crippen molar-refractivity contribution in [1.82, 2.24) is 10.2 Å². The first kappa shape index (κ1) is 21.1. The van der Waals surface area contributed by atoms with Crippen molar-refractivity contribution in [3.63, 3.8) is 0 Å². The third-order valence-corrected chi connectivity index (χ3v) is 5.64. The molecule has 1 N–H and O–H groups in total. The number of hydrogen-bond acceptors (Lipinski definition) is 5. The van der Waals surface area contributed by atoms with Gasteiger partial charge in [0, 0.05) is 36.8 Å². The quantitative estimate of drug-likeness (QED) is 0.707. The molecule has 1 aromatic heterocycles. The summed E-state index contributed by atoms with van der Waals surface area (Å²) in [6.45, 7) is 8.22. The van der Waals surface area contributed by atoms with Gasteiger partial charge in [0.1, 0.15) is 5.58 Å². The Bertz CT molecular complexity index is 795. The van der Waals surface area contributed by atoms with Crippen molar-refractivity contribution in [3.8, 4) is 0 Å². The van der Waals surface area contributed by atoms with Crippen molar-refractivity contribution < 1.29 is 18.7 Å². The second-order valence-electron chi connectivity index (χ2n) is 7.36. The molecule has 3 aliphatic rings. The van der Waals surface area contributed by atoms with Gasteiger partial charge in [-0.2, -0.15) is 0 Å². The van der Waals surface area contributed by atoms with Gasteiger partial charge in [-0.15, -0.1) is 12.4 Å². The average molecular weight is 409 g/mol. The number of furan rings is 1. The number of halogens is 1. The lowest BCUT2D eigenvalue weighted by Gasteiger charge is -2.44. The molecule has 1 aromatic carbocycles. The fourth-order valence-corrected chi connectivity index (χ4v) is 4.20. The summed E-state index contributed by atoms with van der Waals surface area (Å²) in [5.41, 5.74) is 1.31. The van der Waals surface area contributed by atoms with Gasteiger partial charge in [-0.3, -0.25) is 4.79 Å². The zero-order valence-corrected chi connectivity index (χ0v) is 17.3. The minimum absolute atomic E-state index is 0. The molecular formula is C21H29ClN2O4. The first-order valence-electron chi connectivity index (χ1n) is 9.97. The van der Waals surface area contributed by atoms with Crippen LogP contribution in [0.2, 0.25) is 0 Å². The van der Waals surface area contributed by atoms with Crippen LogP contribution >= 0.6 is 12.4 Å². The summed E-state index contributed by atoms with van der Waals surface area (Å²) >= 11 is 0. The van der Waals surface area contributed by atoms with Crippen LogP contribution in [0.5, 0.6) is 0 Å². The highest BCUT2D eigenvalue weighted by Gasteiger charge is 2.35. The standard InChI is InChI=1S/C21H28N2O4.ClH/c1-3-25-21(26-4-2)19-11-15-5-6-16(12-18(15)27-19)20(24)22-17-13-23-9-7-14(17)8-10-23;/h5-6,11-12,14,17,21H,3-4,7-10,13H2,1-2H3,(H,22,24);1H/t17-;/m0./s1. The van der Waals surface area contributed by atoms with E-state index >= 15 is 0 Å². The molecule has 1 amide bonds. The lowest BCUT2D eigenvalue weighted by atomic mass is 9.84. The number of nitrogens with zero attached hydrogens (tertiary/aromatic N) is 1. The zero-order chi connectivity index (χ0) is 18.8. The Morgan fingerprint density at radius 2 is 1.93 bits per heavy atom. The number of hydrogen-bond donors (Lipinski definition) is 1. The number of nitrogens with one attached hydrogen (secondary N) is 1. The summed E-state index contributed by atoms with van der Waals surface area (Å²) < 4.78 is 17.1. The van der Waals surface area contributed by atoms with Crippen LogP contribution in [0.25, 0.3) is 11.0 Å². The molecule has 6 nitrogen and oxygen atoms in total. The van der Waals surface area contributed by atoms with E-state index in [9.17, 15) is 4.79 Å². The average Bonchev–Trinajstić information content (AvgIpc) is 3.12. The lowest BCUT2D eigenvalue weighted by Crippen LogP contribution is -2.57. The van der Waals surface area contributed by atoms with Crippen LogP contribution in [0.3, 0.4) is 0 Å². The Morgan fingerprint density at radius 1 is 1.21 bits per heavy atom. The number of carbonyl (C=O) groups is 1. The van der Waals surface area contributed by atoms with E-state index in [0.717, 1.165) is 11.9 Å². The molecule has 5 rings (SSSR count). The summed E-state index contributed by atoms with van der Waals surface area (Å²) in [6, 6.07) is 7.76. The van der Waals surface area contributed by atoms with Crippen molar-refractivity contribution in [2.75, 3.05) is 32.8 Å². The van der Waals surface area contributed by atoms with E-state index in [0.29, 0.717) is 36.0 Å². The fourth-order valence-electron chi connectivity index (χ4n) is 4.20. The maximum atomic E-state index is 12.8. The molecule has 4 heterocycles. The second kappa shape index (κ2) is 9.27. The highest BCUT2D eigenvalue weighted by atomic mass is 35.5. The summed E-state index contributed by atoms with van der Waals surface area (Å²) in [5.74, 6) is 1.21. The van der Waals surface area contributed by atoms with Crippen LogP contribution in [0.1, 0.15) is 49.1 Å². The van der Waals surface area contributed by atoms with E-state index in [2.05, 4.69) is 10.2 Å². The Kier molecular flexibility index (Phi) is 6.99. The molecule has 154 valence electrons.